The molecule has 0 fully saturated rings. The monoisotopic (exact) mass is 489 g/mol. The van der Waals surface area contributed by atoms with Crippen molar-refractivity contribution in [3.8, 4) is 17.2 Å². The summed E-state index contributed by atoms with van der Waals surface area (Å²) in [5, 5.41) is 10.2. The van der Waals surface area contributed by atoms with E-state index in [1.807, 2.05) is 0 Å². The van der Waals surface area contributed by atoms with Crippen LogP contribution >= 0.6 is 0 Å². The molecule has 0 bridgehead atoms. The second kappa shape index (κ2) is 10.7. The standard InChI is InChI=1S/C23H22F3N5O4/c1-4-35-22(32)17-12-29-31(21(17)23(24,25)26)16-8-6-15(7-9-16)28-13-18(30-27)14-5-10-19(33-2)20(11-14)34-3/h5-13,27-28H,4H2,1-3H3/b18-13-,30-27?. The maximum atomic E-state index is 13.7. The zero-order valence-electron chi connectivity index (χ0n) is 19.0. The number of rotatable bonds is 9. The number of ether oxygens (including phenoxy) is 3. The van der Waals surface area contributed by atoms with Gasteiger partial charge >= 0.3 is 12.1 Å². The van der Waals surface area contributed by atoms with Crippen LogP contribution in [-0.4, -0.2) is 36.6 Å². The summed E-state index contributed by atoms with van der Waals surface area (Å²) >= 11 is 0. The first-order valence-electron chi connectivity index (χ1n) is 10.2. The van der Waals surface area contributed by atoms with Crippen molar-refractivity contribution in [3.05, 3.63) is 71.7 Å². The molecule has 0 spiro atoms. The number of nitrogens with zero attached hydrogens (tertiary/aromatic N) is 3. The lowest BCUT2D eigenvalue weighted by molar-refractivity contribution is -0.143. The lowest BCUT2D eigenvalue weighted by Gasteiger charge is -2.13. The number of carbonyl (C=O) groups excluding carboxylic acids is 1. The molecule has 3 aromatic rings. The van der Waals surface area contributed by atoms with Crippen molar-refractivity contribution >= 4 is 17.4 Å². The van der Waals surface area contributed by atoms with Gasteiger partial charge in [-0.05, 0) is 49.4 Å². The van der Waals surface area contributed by atoms with Crippen molar-refractivity contribution in [1.82, 2.24) is 9.78 Å². The van der Waals surface area contributed by atoms with Gasteiger partial charge in [-0.25, -0.2) is 15.0 Å². The first-order chi connectivity index (χ1) is 16.7. The lowest BCUT2D eigenvalue weighted by Crippen LogP contribution is -2.18. The Labute approximate surface area is 198 Å². The predicted molar refractivity (Wildman–Crippen MR) is 121 cm³/mol. The summed E-state index contributed by atoms with van der Waals surface area (Å²) in [6.45, 7) is 1.44. The van der Waals surface area contributed by atoms with Gasteiger partial charge < -0.3 is 19.5 Å². The molecule has 0 aliphatic heterocycles. The van der Waals surface area contributed by atoms with E-state index in [4.69, 9.17) is 19.7 Å². The fourth-order valence-electron chi connectivity index (χ4n) is 3.20. The van der Waals surface area contributed by atoms with E-state index in [1.165, 1.54) is 51.6 Å². The minimum Gasteiger partial charge on any atom is -0.493 e. The van der Waals surface area contributed by atoms with Crippen LogP contribution in [0.2, 0.25) is 0 Å². The van der Waals surface area contributed by atoms with Gasteiger partial charge in [0.25, 0.3) is 0 Å². The summed E-state index contributed by atoms with van der Waals surface area (Å²) in [5.41, 5.74) is 7.05. The van der Waals surface area contributed by atoms with Gasteiger partial charge in [-0.1, -0.05) is 0 Å². The molecule has 0 radical (unpaired) electrons. The molecular formula is C23H22F3N5O4. The zero-order valence-corrected chi connectivity index (χ0v) is 19.0. The van der Waals surface area contributed by atoms with Crippen molar-refractivity contribution in [3.63, 3.8) is 0 Å². The van der Waals surface area contributed by atoms with Crippen molar-refractivity contribution in [2.24, 2.45) is 5.11 Å². The summed E-state index contributed by atoms with van der Waals surface area (Å²) in [4.78, 5) is 12.0. The van der Waals surface area contributed by atoms with Gasteiger partial charge in [0.1, 0.15) is 11.3 Å². The SMILES string of the molecule is CCOC(=O)c1cnn(-c2ccc(N/C=C(\N=N)c3ccc(OC)c(OC)c3)cc2)c1C(F)(F)F. The number of alkyl halides is 3. The Balaban J connectivity index is 1.86. The molecule has 2 N–H and O–H groups in total. The molecule has 2 aromatic carbocycles. The highest BCUT2D eigenvalue weighted by Crippen LogP contribution is 2.34. The van der Waals surface area contributed by atoms with Gasteiger partial charge in [-0.3, -0.25) is 0 Å². The van der Waals surface area contributed by atoms with Gasteiger partial charge in [0.05, 0.1) is 32.7 Å². The smallest absolute Gasteiger partial charge is 0.434 e. The number of halogens is 3. The quantitative estimate of drug-likeness (QED) is 0.302. The van der Waals surface area contributed by atoms with Gasteiger partial charge in [-0.2, -0.15) is 23.4 Å². The maximum Gasteiger partial charge on any atom is 0.434 e. The number of carbonyl (C=O) groups is 1. The molecule has 0 saturated carbocycles. The summed E-state index contributed by atoms with van der Waals surface area (Å²) in [6, 6.07) is 10.9. The van der Waals surface area contributed by atoms with Crippen LogP contribution in [0.15, 0.2) is 60.0 Å². The number of benzene rings is 2. The number of esters is 1. The molecule has 0 atom stereocenters. The molecule has 0 aliphatic rings. The first-order valence-corrected chi connectivity index (χ1v) is 10.2. The Morgan fingerprint density at radius 2 is 1.83 bits per heavy atom. The van der Waals surface area contributed by atoms with Crippen LogP contribution in [0.1, 0.15) is 28.5 Å². The van der Waals surface area contributed by atoms with E-state index in [2.05, 4.69) is 15.5 Å². The molecule has 0 unspecified atom stereocenters. The number of methoxy groups -OCH3 is 2. The third-order valence-corrected chi connectivity index (χ3v) is 4.82. The van der Waals surface area contributed by atoms with E-state index in [9.17, 15) is 18.0 Å². The number of anilines is 1. The molecule has 0 aliphatic carbocycles. The largest absolute Gasteiger partial charge is 0.493 e. The van der Waals surface area contributed by atoms with E-state index in [0.717, 1.165) is 6.20 Å². The van der Waals surface area contributed by atoms with Crippen molar-refractivity contribution < 1.29 is 32.2 Å². The highest BCUT2D eigenvalue weighted by Gasteiger charge is 2.41. The Bertz CT molecular complexity index is 1240. The van der Waals surface area contributed by atoms with Gasteiger partial charge in [0.15, 0.2) is 17.2 Å². The highest BCUT2D eigenvalue weighted by molar-refractivity contribution is 5.90. The van der Waals surface area contributed by atoms with Crippen LogP contribution in [0.25, 0.3) is 11.4 Å². The second-order valence-corrected chi connectivity index (χ2v) is 6.94. The molecule has 1 heterocycles. The van der Waals surface area contributed by atoms with Crippen LogP contribution in [0, 0.1) is 5.53 Å². The lowest BCUT2D eigenvalue weighted by atomic mass is 10.1. The second-order valence-electron chi connectivity index (χ2n) is 6.94. The number of hydrogen-bond donors (Lipinski definition) is 2. The van der Waals surface area contributed by atoms with E-state index in [0.29, 0.717) is 27.4 Å². The number of aromatic nitrogens is 2. The molecule has 0 saturated heterocycles. The minimum atomic E-state index is -4.83. The molecule has 1 aromatic heterocycles. The highest BCUT2D eigenvalue weighted by atomic mass is 19.4. The van der Waals surface area contributed by atoms with Gasteiger partial charge in [0.2, 0.25) is 0 Å². The molecule has 184 valence electrons. The Morgan fingerprint density at radius 3 is 2.40 bits per heavy atom. The molecule has 35 heavy (non-hydrogen) atoms. The summed E-state index contributed by atoms with van der Waals surface area (Å²) in [6.07, 6.45) is -2.53. The number of nitrogens with one attached hydrogen (secondary N) is 2. The number of hydrogen-bond acceptors (Lipinski definition) is 8. The topological polar surface area (TPSA) is 111 Å². The summed E-state index contributed by atoms with van der Waals surface area (Å²) in [7, 11) is 3.00. The van der Waals surface area contributed by atoms with Gasteiger partial charge in [0, 0.05) is 17.5 Å². The Hall–Kier alpha value is -4.35. The fraction of sp³-hybridized carbons (Fsp3) is 0.217. The van der Waals surface area contributed by atoms with Crippen LogP contribution in [0.4, 0.5) is 18.9 Å². The Morgan fingerprint density at radius 1 is 1.14 bits per heavy atom. The predicted octanol–water partition coefficient (Wildman–Crippen LogP) is 5.53. The maximum absolute atomic E-state index is 13.7. The van der Waals surface area contributed by atoms with Crippen molar-refractivity contribution in [2.45, 2.75) is 13.1 Å². The molecular weight excluding hydrogens is 467 g/mol. The summed E-state index contributed by atoms with van der Waals surface area (Å²) in [5.74, 6) is -0.116. The first kappa shape index (κ1) is 25.3. The molecule has 9 nitrogen and oxygen atoms in total. The van der Waals surface area contributed by atoms with Crippen molar-refractivity contribution in [2.75, 3.05) is 26.1 Å². The van der Waals surface area contributed by atoms with Crippen LogP contribution in [0.5, 0.6) is 11.5 Å². The summed E-state index contributed by atoms with van der Waals surface area (Å²) < 4.78 is 56.9. The van der Waals surface area contributed by atoms with Crippen LogP contribution in [0.3, 0.4) is 0 Å². The molecule has 12 heteroatoms. The van der Waals surface area contributed by atoms with E-state index in [-0.39, 0.29) is 18.0 Å². The third kappa shape index (κ3) is 5.60. The third-order valence-electron chi connectivity index (χ3n) is 4.82. The van der Waals surface area contributed by atoms with Crippen LogP contribution < -0.4 is 14.8 Å². The average Bonchev–Trinajstić information content (AvgIpc) is 3.31. The molecule has 0 amide bonds. The van der Waals surface area contributed by atoms with E-state index in [1.54, 1.807) is 18.2 Å². The average molecular weight is 489 g/mol. The Kier molecular flexibility index (Phi) is 7.74. The van der Waals surface area contributed by atoms with Gasteiger partial charge in [-0.15, -0.1) is 0 Å². The van der Waals surface area contributed by atoms with Crippen LogP contribution in [-0.2, 0) is 10.9 Å². The zero-order chi connectivity index (χ0) is 25.6. The van der Waals surface area contributed by atoms with E-state index < -0.39 is 23.4 Å². The van der Waals surface area contributed by atoms with E-state index >= 15 is 0 Å². The van der Waals surface area contributed by atoms with Crippen molar-refractivity contribution in [1.29, 1.82) is 5.53 Å². The molecule has 3 rings (SSSR count). The minimum absolute atomic E-state index is 0.0644. The normalized spacial score (nSPS) is 11.7. The fourth-order valence-corrected chi connectivity index (χ4v) is 3.20.